The number of nitrogens with one attached hydrogen (secondary N) is 1. The second kappa shape index (κ2) is 6.01. The summed E-state index contributed by atoms with van der Waals surface area (Å²) in [4.78, 5) is 12.1. The Morgan fingerprint density at radius 2 is 1.96 bits per heavy atom. The molecule has 1 fully saturated rings. The van der Waals surface area contributed by atoms with Crippen LogP contribution in [-0.4, -0.2) is 39.2 Å². The third kappa shape index (κ3) is 2.52. The highest BCUT2D eigenvalue weighted by Gasteiger charge is 2.31. The van der Waals surface area contributed by atoms with E-state index in [1.807, 2.05) is 31.2 Å². The van der Waals surface area contributed by atoms with Gasteiger partial charge in [-0.1, -0.05) is 24.3 Å². The largest absolute Gasteiger partial charge is 0.377 e. The molecule has 0 amide bonds. The standard InChI is InChI=1S/C17H17N5O2/c1-11-12-5-2-3-6-13(12)17(21-20-11)19-14-9-24-10-15(14)22-16(23)7-4-8-18-22/h2-8,14-15H,9-10H2,1H3,(H,19,21). The van der Waals surface area contributed by atoms with Crippen molar-refractivity contribution < 1.29 is 4.74 Å². The van der Waals surface area contributed by atoms with Crippen LogP contribution < -0.4 is 10.9 Å². The molecule has 1 saturated heterocycles. The van der Waals surface area contributed by atoms with E-state index in [0.717, 1.165) is 16.5 Å². The second-order valence-electron chi connectivity index (χ2n) is 5.84. The van der Waals surface area contributed by atoms with Crippen LogP contribution >= 0.6 is 0 Å². The summed E-state index contributed by atoms with van der Waals surface area (Å²) in [5, 5.41) is 18.1. The zero-order chi connectivity index (χ0) is 16.5. The maximum absolute atomic E-state index is 12.1. The zero-order valence-corrected chi connectivity index (χ0v) is 13.2. The Labute approximate surface area is 138 Å². The van der Waals surface area contributed by atoms with Crippen LogP contribution in [0.5, 0.6) is 0 Å². The average molecular weight is 323 g/mol. The van der Waals surface area contributed by atoms with Gasteiger partial charge in [0, 0.05) is 23.0 Å². The molecular formula is C17H17N5O2. The van der Waals surface area contributed by atoms with Crippen molar-refractivity contribution in [3.8, 4) is 0 Å². The van der Waals surface area contributed by atoms with E-state index in [4.69, 9.17) is 4.74 Å². The van der Waals surface area contributed by atoms with Crippen LogP contribution in [0.25, 0.3) is 10.8 Å². The highest BCUT2D eigenvalue weighted by molar-refractivity contribution is 5.92. The summed E-state index contributed by atoms with van der Waals surface area (Å²) in [5.41, 5.74) is 0.746. The second-order valence-corrected chi connectivity index (χ2v) is 5.84. The number of nitrogens with zero attached hydrogens (tertiary/aromatic N) is 4. The topological polar surface area (TPSA) is 81.9 Å². The molecule has 0 radical (unpaired) electrons. The van der Waals surface area contributed by atoms with Gasteiger partial charge in [0.15, 0.2) is 5.82 Å². The minimum Gasteiger partial charge on any atom is -0.377 e. The minimum absolute atomic E-state index is 0.0991. The van der Waals surface area contributed by atoms with E-state index in [1.165, 1.54) is 10.7 Å². The number of rotatable bonds is 3. The molecule has 0 aliphatic carbocycles. The average Bonchev–Trinajstić information content (AvgIpc) is 3.06. The van der Waals surface area contributed by atoms with E-state index in [-0.39, 0.29) is 17.6 Å². The van der Waals surface area contributed by atoms with Crippen LogP contribution in [0, 0.1) is 6.92 Å². The molecule has 122 valence electrons. The summed E-state index contributed by atoms with van der Waals surface area (Å²) in [6.45, 7) is 2.86. The van der Waals surface area contributed by atoms with Gasteiger partial charge in [-0.15, -0.1) is 5.10 Å². The number of hydrogen-bond donors (Lipinski definition) is 1. The van der Waals surface area contributed by atoms with Crippen molar-refractivity contribution in [3.05, 3.63) is 58.6 Å². The maximum Gasteiger partial charge on any atom is 0.267 e. The summed E-state index contributed by atoms with van der Waals surface area (Å²) in [7, 11) is 0. The van der Waals surface area contributed by atoms with Crippen molar-refractivity contribution in [1.29, 1.82) is 0 Å². The van der Waals surface area contributed by atoms with Gasteiger partial charge in [0.05, 0.1) is 24.9 Å². The van der Waals surface area contributed by atoms with E-state index >= 15 is 0 Å². The van der Waals surface area contributed by atoms with Crippen molar-refractivity contribution in [2.45, 2.75) is 19.0 Å². The Kier molecular flexibility index (Phi) is 3.70. The lowest BCUT2D eigenvalue weighted by Crippen LogP contribution is -2.37. The number of ether oxygens (including phenoxy) is 1. The van der Waals surface area contributed by atoms with E-state index < -0.39 is 0 Å². The van der Waals surface area contributed by atoms with E-state index in [1.54, 1.807) is 12.3 Å². The van der Waals surface area contributed by atoms with E-state index in [0.29, 0.717) is 19.0 Å². The zero-order valence-electron chi connectivity index (χ0n) is 13.2. The number of fused-ring (bicyclic) bond motifs is 1. The first kappa shape index (κ1) is 14.8. The Bertz CT molecular complexity index is 939. The summed E-state index contributed by atoms with van der Waals surface area (Å²) in [6, 6.07) is 10.8. The first-order valence-corrected chi connectivity index (χ1v) is 7.84. The van der Waals surface area contributed by atoms with Crippen LogP contribution in [0.1, 0.15) is 11.7 Å². The first-order valence-electron chi connectivity index (χ1n) is 7.84. The molecule has 3 heterocycles. The van der Waals surface area contributed by atoms with Crippen molar-refractivity contribution >= 4 is 16.6 Å². The van der Waals surface area contributed by atoms with Crippen molar-refractivity contribution in [2.75, 3.05) is 18.5 Å². The molecule has 4 rings (SSSR count). The van der Waals surface area contributed by atoms with Gasteiger partial charge in [-0.05, 0) is 13.0 Å². The smallest absolute Gasteiger partial charge is 0.267 e. The van der Waals surface area contributed by atoms with Gasteiger partial charge in [0.2, 0.25) is 0 Å². The van der Waals surface area contributed by atoms with E-state index in [9.17, 15) is 4.79 Å². The number of aryl methyl sites for hydroxylation is 1. The fraction of sp³-hybridized carbons (Fsp3) is 0.294. The summed E-state index contributed by atoms with van der Waals surface area (Å²) < 4.78 is 7.04. The first-order chi connectivity index (χ1) is 11.7. The van der Waals surface area contributed by atoms with Crippen molar-refractivity contribution in [2.24, 2.45) is 0 Å². The van der Waals surface area contributed by atoms with Crippen LogP contribution in [-0.2, 0) is 4.74 Å². The van der Waals surface area contributed by atoms with Gasteiger partial charge >= 0.3 is 0 Å². The Morgan fingerprint density at radius 1 is 1.12 bits per heavy atom. The molecule has 2 atom stereocenters. The molecular weight excluding hydrogens is 306 g/mol. The molecule has 7 nitrogen and oxygen atoms in total. The summed E-state index contributed by atoms with van der Waals surface area (Å²) in [6.07, 6.45) is 1.61. The molecule has 1 aliphatic rings. The normalized spacial score (nSPS) is 20.4. The molecule has 1 N–H and O–H groups in total. The molecule has 3 aromatic rings. The lowest BCUT2D eigenvalue weighted by molar-refractivity contribution is 0.182. The number of hydrogen-bond acceptors (Lipinski definition) is 6. The third-order valence-electron chi connectivity index (χ3n) is 4.30. The Balaban J connectivity index is 1.69. The highest BCUT2D eigenvalue weighted by atomic mass is 16.5. The van der Waals surface area contributed by atoms with E-state index in [2.05, 4.69) is 20.6 Å². The molecule has 2 unspecified atom stereocenters. The number of aromatic nitrogens is 4. The Hall–Kier alpha value is -2.80. The van der Waals surface area contributed by atoms with Gasteiger partial charge in [-0.3, -0.25) is 4.79 Å². The van der Waals surface area contributed by atoms with Gasteiger partial charge in [-0.2, -0.15) is 10.2 Å². The predicted molar refractivity (Wildman–Crippen MR) is 90.0 cm³/mol. The SMILES string of the molecule is Cc1nnc(NC2COCC2n2ncccc2=O)c2ccccc12. The van der Waals surface area contributed by atoms with Crippen LogP contribution in [0.2, 0.25) is 0 Å². The van der Waals surface area contributed by atoms with Gasteiger partial charge in [0.25, 0.3) is 5.56 Å². The minimum atomic E-state index is -0.180. The monoisotopic (exact) mass is 323 g/mol. The number of benzene rings is 1. The quantitative estimate of drug-likeness (QED) is 0.787. The molecule has 0 saturated carbocycles. The predicted octanol–water partition coefficient (Wildman–Crippen LogP) is 1.55. The lowest BCUT2D eigenvalue weighted by Gasteiger charge is -2.21. The molecule has 1 aliphatic heterocycles. The fourth-order valence-corrected chi connectivity index (χ4v) is 3.06. The molecule has 1 aromatic carbocycles. The maximum atomic E-state index is 12.1. The highest BCUT2D eigenvalue weighted by Crippen LogP contribution is 2.26. The van der Waals surface area contributed by atoms with Crippen molar-refractivity contribution in [1.82, 2.24) is 20.0 Å². The molecule has 0 spiro atoms. The fourth-order valence-electron chi connectivity index (χ4n) is 3.06. The molecule has 24 heavy (non-hydrogen) atoms. The lowest BCUT2D eigenvalue weighted by atomic mass is 10.1. The Morgan fingerprint density at radius 3 is 2.79 bits per heavy atom. The third-order valence-corrected chi connectivity index (χ3v) is 4.30. The van der Waals surface area contributed by atoms with Gasteiger partial charge in [-0.25, -0.2) is 4.68 Å². The van der Waals surface area contributed by atoms with Gasteiger partial charge in [0.1, 0.15) is 6.04 Å². The summed E-state index contributed by atoms with van der Waals surface area (Å²) in [5.74, 6) is 0.695. The molecule has 0 bridgehead atoms. The molecule has 7 heteroatoms. The molecule has 2 aromatic heterocycles. The van der Waals surface area contributed by atoms with Crippen LogP contribution in [0.15, 0.2) is 47.4 Å². The number of anilines is 1. The summed E-state index contributed by atoms with van der Waals surface area (Å²) >= 11 is 0. The van der Waals surface area contributed by atoms with Crippen LogP contribution in [0.3, 0.4) is 0 Å². The van der Waals surface area contributed by atoms with Crippen LogP contribution in [0.4, 0.5) is 5.82 Å². The van der Waals surface area contributed by atoms with Crippen molar-refractivity contribution in [3.63, 3.8) is 0 Å². The van der Waals surface area contributed by atoms with Gasteiger partial charge < -0.3 is 10.1 Å².